The Balaban J connectivity index is 1.69. The molecular weight excluding hydrogens is 264 g/mol. The summed E-state index contributed by atoms with van der Waals surface area (Å²) in [5, 5.41) is 3.13. The molecule has 0 radical (unpaired) electrons. The standard InChI is InChI=1S/C16H22N4O/c1-2-6-15(21)17-12-7-5-10-20(11-12)16-18-13-8-3-4-9-14(13)19-16/h3-4,8-9,12H,2,5-7,10-11H2,1H3,(H,17,21)(H,18,19). The topological polar surface area (TPSA) is 61.0 Å². The van der Waals surface area contributed by atoms with E-state index in [1.165, 1.54) is 0 Å². The molecule has 1 aromatic carbocycles. The molecule has 1 aliphatic heterocycles. The normalized spacial score (nSPS) is 18.9. The third-order valence-corrected chi connectivity index (χ3v) is 3.94. The molecule has 0 spiro atoms. The highest BCUT2D eigenvalue weighted by Gasteiger charge is 2.23. The molecule has 1 amide bonds. The maximum absolute atomic E-state index is 11.7. The molecule has 1 aromatic heterocycles. The highest BCUT2D eigenvalue weighted by Crippen LogP contribution is 2.20. The van der Waals surface area contributed by atoms with Gasteiger partial charge >= 0.3 is 0 Å². The lowest BCUT2D eigenvalue weighted by Crippen LogP contribution is -2.48. The van der Waals surface area contributed by atoms with Gasteiger partial charge in [-0.1, -0.05) is 19.1 Å². The molecule has 1 atom stereocenters. The van der Waals surface area contributed by atoms with Crippen LogP contribution in [0.25, 0.3) is 11.0 Å². The molecule has 0 aliphatic carbocycles. The molecule has 2 aromatic rings. The van der Waals surface area contributed by atoms with Crippen LogP contribution < -0.4 is 10.2 Å². The zero-order chi connectivity index (χ0) is 14.7. The van der Waals surface area contributed by atoms with Gasteiger partial charge in [0.15, 0.2) is 0 Å². The molecule has 112 valence electrons. The molecule has 2 N–H and O–H groups in total. The number of carbonyl (C=O) groups is 1. The van der Waals surface area contributed by atoms with Crippen molar-refractivity contribution in [2.75, 3.05) is 18.0 Å². The van der Waals surface area contributed by atoms with Gasteiger partial charge in [-0.25, -0.2) is 4.98 Å². The number of hydrogen-bond donors (Lipinski definition) is 2. The van der Waals surface area contributed by atoms with Crippen LogP contribution in [0, 0.1) is 0 Å². The molecule has 0 saturated carbocycles. The van der Waals surface area contributed by atoms with E-state index in [9.17, 15) is 4.79 Å². The number of aromatic nitrogens is 2. The molecular formula is C16H22N4O. The van der Waals surface area contributed by atoms with Gasteiger partial charge < -0.3 is 15.2 Å². The van der Waals surface area contributed by atoms with E-state index in [2.05, 4.69) is 20.2 Å². The summed E-state index contributed by atoms with van der Waals surface area (Å²) < 4.78 is 0. The number of hydrogen-bond acceptors (Lipinski definition) is 3. The third kappa shape index (κ3) is 3.17. The van der Waals surface area contributed by atoms with Gasteiger partial charge in [0, 0.05) is 25.6 Å². The van der Waals surface area contributed by atoms with Gasteiger partial charge in [-0.05, 0) is 31.4 Å². The van der Waals surface area contributed by atoms with E-state index >= 15 is 0 Å². The first-order valence-corrected chi connectivity index (χ1v) is 7.75. The van der Waals surface area contributed by atoms with Crippen molar-refractivity contribution in [3.8, 4) is 0 Å². The molecule has 1 unspecified atom stereocenters. The number of fused-ring (bicyclic) bond motifs is 1. The lowest BCUT2D eigenvalue weighted by Gasteiger charge is -2.33. The number of benzene rings is 1. The van der Waals surface area contributed by atoms with Gasteiger partial charge in [0.25, 0.3) is 0 Å². The highest BCUT2D eigenvalue weighted by atomic mass is 16.1. The lowest BCUT2D eigenvalue weighted by atomic mass is 10.1. The van der Waals surface area contributed by atoms with Crippen LogP contribution in [0.1, 0.15) is 32.6 Å². The zero-order valence-electron chi connectivity index (χ0n) is 12.4. The van der Waals surface area contributed by atoms with Crippen molar-refractivity contribution < 1.29 is 4.79 Å². The monoisotopic (exact) mass is 286 g/mol. The summed E-state index contributed by atoms with van der Waals surface area (Å²) in [6, 6.07) is 8.28. The van der Waals surface area contributed by atoms with E-state index in [-0.39, 0.29) is 11.9 Å². The summed E-state index contributed by atoms with van der Waals surface area (Å²) in [6.07, 6.45) is 3.63. The minimum absolute atomic E-state index is 0.161. The molecule has 1 saturated heterocycles. The van der Waals surface area contributed by atoms with Crippen LogP contribution in [-0.2, 0) is 4.79 Å². The number of amides is 1. The van der Waals surface area contributed by atoms with E-state index in [4.69, 9.17) is 0 Å². The van der Waals surface area contributed by atoms with E-state index in [1.807, 2.05) is 31.2 Å². The molecule has 1 aliphatic rings. The summed E-state index contributed by atoms with van der Waals surface area (Å²) in [5.74, 6) is 1.07. The summed E-state index contributed by atoms with van der Waals surface area (Å²) in [4.78, 5) is 22.0. The number of piperidine rings is 1. The van der Waals surface area contributed by atoms with Crippen molar-refractivity contribution in [2.24, 2.45) is 0 Å². The van der Waals surface area contributed by atoms with Crippen LogP contribution >= 0.6 is 0 Å². The van der Waals surface area contributed by atoms with E-state index in [1.54, 1.807) is 0 Å². The predicted octanol–water partition coefficient (Wildman–Crippen LogP) is 2.45. The number of nitrogens with one attached hydrogen (secondary N) is 2. The largest absolute Gasteiger partial charge is 0.352 e. The Bertz CT molecular complexity index is 589. The second-order valence-electron chi connectivity index (χ2n) is 5.68. The number of nitrogens with zero attached hydrogens (tertiary/aromatic N) is 2. The number of aromatic amines is 1. The summed E-state index contributed by atoms with van der Waals surface area (Å²) in [6.45, 7) is 3.84. The van der Waals surface area contributed by atoms with E-state index in [0.29, 0.717) is 6.42 Å². The van der Waals surface area contributed by atoms with Crippen molar-refractivity contribution >= 4 is 22.9 Å². The number of carbonyl (C=O) groups excluding carboxylic acids is 1. The number of imidazole rings is 1. The van der Waals surface area contributed by atoms with Crippen molar-refractivity contribution in [3.05, 3.63) is 24.3 Å². The minimum atomic E-state index is 0.161. The molecule has 5 nitrogen and oxygen atoms in total. The summed E-state index contributed by atoms with van der Waals surface area (Å²) >= 11 is 0. The SMILES string of the molecule is CCCC(=O)NC1CCCN(c2nc3ccccc3[nH]2)C1. The third-order valence-electron chi connectivity index (χ3n) is 3.94. The Labute approximate surface area is 124 Å². The summed E-state index contributed by atoms with van der Waals surface area (Å²) in [7, 11) is 0. The molecule has 2 heterocycles. The minimum Gasteiger partial charge on any atom is -0.352 e. The van der Waals surface area contributed by atoms with Crippen LogP contribution in [-0.4, -0.2) is 35.0 Å². The predicted molar refractivity (Wildman–Crippen MR) is 84.4 cm³/mol. The van der Waals surface area contributed by atoms with Crippen molar-refractivity contribution in [1.29, 1.82) is 0 Å². The maximum atomic E-state index is 11.7. The van der Waals surface area contributed by atoms with Crippen LogP contribution in [0.4, 0.5) is 5.95 Å². The number of rotatable bonds is 4. The highest BCUT2D eigenvalue weighted by molar-refractivity contribution is 5.78. The number of para-hydroxylation sites is 2. The van der Waals surface area contributed by atoms with Gasteiger partial charge in [0.05, 0.1) is 11.0 Å². The smallest absolute Gasteiger partial charge is 0.220 e. The van der Waals surface area contributed by atoms with Crippen molar-refractivity contribution in [1.82, 2.24) is 15.3 Å². The van der Waals surface area contributed by atoms with Gasteiger partial charge in [-0.15, -0.1) is 0 Å². The van der Waals surface area contributed by atoms with Crippen molar-refractivity contribution in [2.45, 2.75) is 38.6 Å². The van der Waals surface area contributed by atoms with E-state index < -0.39 is 0 Å². The molecule has 0 bridgehead atoms. The van der Waals surface area contributed by atoms with Gasteiger partial charge in [-0.2, -0.15) is 0 Å². The van der Waals surface area contributed by atoms with Gasteiger partial charge in [0.1, 0.15) is 0 Å². The number of anilines is 1. The Morgan fingerprint density at radius 3 is 3.14 bits per heavy atom. The maximum Gasteiger partial charge on any atom is 0.220 e. The first-order valence-electron chi connectivity index (χ1n) is 7.75. The fourth-order valence-electron chi connectivity index (χ4n) is 2.90. The van der Waals surface area contributed by atoms with E-state index in [0.717, 1.165) is 49.3 Å². The number of H-pyrrole nitrogens is 1. The average Bonchev–Trinajstić information content (AvgIpc) is 2.91. The molecule has 21 heavy (non-hydrogen) atoms. The van der Waals surface area contributed by atoms with Crippen LogP contribution in [0.3, 0.4) is 0 Å². The average molecular weight is 286 g/mol. The van der Waals surface area contributed by atoms with Crippen molar-refractivity contribution in [3.63, 3.8) is 0 Å². The second-order valence-corrected chi connectivity index (χ2v) is 5.68. The Morgan fingerprint density at radius 1 is 1.48 bits per heavy atom. The summed E-state index contributed by atoms with van der Waals surface area (Å²) in [5.41, 5.74) is 2.05. The van der Waals surface area contributed by atoms with Crippen LogP contribution in [0.5, 0.6) is 0 Å². The fraction of sp³-hybridized carbons (Fsp3) is 0.500. The Hall–Kier alpha value is -2.04. The Kier molecular flexibility index (Phi) is 4.08. The second kappa shape index (κ2) is 6.16. The van der Waals surface area contributed by atoms with Crippen LogP contribution in [0.2, 0.25) is 0 Å². The first-order chi connectivity index (χ1) is 10.3. The first kappa shape index (κ1) is 13.9. The lowest BCUT2D eigenvalue weighted by molar-refractivity contribution is -0.121. The van der Waals surface area contributed by atoms with Crippen LogP contribution in [0.15, 0.2) is 24.3 Å². The molecule has 1 fully saturated rings. The molecule has 3 rings (SSSR count). The molecule has 5 heteroatoms. The van der Waals surface area contributed by atoms with Gasteiger partial charge in [0.2, 0.25) is 11.9 Å². The van der Waals surface area contributed by atoms with Gasteiger partial charge in [-0.3, -0.25) is 4.79 Å². The quantitative estimate of drug-likeness (QED) is 0.907. The Morgan fingerprint density at radius 2 is 2.33 bits per heavy atom. The fourth-order valence-corrected chi connectivity index (χ4v) is 2.90. The zero-order valence-corrected chi connectivity index (χ0v) is 12.4.